The van der Waals surface area contributed by atoms with E-state index in [1.807, 2.05) is 72.8 Å². The molecule has 0 saturated heterocycles. The van der Waals surface area contributed by atoms with Crippen LogP contribution in [0.2, 0.25) is 0 Å². The molecule has 0 spiro atoms. The molecule has 0 saturated carbocycles. The number of benzene rings is 4. The molecule has 33 heavy (non-hydrogen) atoms. The molecule has 1 amide bonds. The summed E-state index contributed by atoms with van der Waals surface area (Å²) in [4.78, 5) is 24.3. The van der Waals surface area contributed by atoms with Crippen molar-refractivity contribution >= 4 is 34.0 Å². The fourth-order valence-electron chi connectivity index (χ4n) is 3.83. The van der Waals surface area contributed by atoms with E-state index in [4.69, 9.17) is 10.5 Å². The molecule has 4 aromatic rings. The summed E-state index contributed by atoms with van der Waals surface area (Å²) in [6.07, 6.45) is 2.82. The second-order valence-electron chi connectivity index (χ2n) is 7.98. The third-order valence-electron chi connectivity index (χ3n) is 5.68. The van der Waals surface area contributed by atoms with Crippen LogP contribution in [0, 0.1) is 0 Å². The van der Waals surface area contributed by atoms with Crippen LogP contribution in [0.3, 0.4) is 0 Å². The number of amides is 1. The van der Waals surface area contributed by atoms with Gasteiger partial charge in [-0.2, -0.15) is 0 Å². The zero-order chi connectivity index (χ0) is 23.2. The van der Waals surface area contributed by atoms with E-state index in [0.717, 1.165) is 35.7 Å². The molecule has 0 aliphatic heterocycles. The number of carbonyl (C=O) groups excluding carboxylic acids is 2. The number of hydrogen-bond donors (Lipinski definition) is 2. The van der Waals surface area contributed by atoms with E-state index in [1.54, 1.807) is 12.1 Å². The molecule has 0 unspecified atom stereocenters. The van der Waals surface area contributed by atoms with Crippen LogP contribution in [-0.4, -0.2) is 19.0 Å². The van der Waals surface area contributed by atoms with E-state index in [0.29, 0.717) is 16.8 Å². The van der Waals surface area contributed by atoms with Crippen LogP contribution in [0.4, 0.5) is 11.4 Å². The number of nitrogens with one attached hydrogen (secondary N) is 1. The molecule has 166 valence electrons. The summed E-state index contributed by atoms with van der Waals surface area (Å²) in [5, 5.41) is 4.92. The van der Waals surface area contributed by atoms with Crippen molar-refractivity contribution in [3.8, 4) is 0 Å². The third kappa shape index (κ3) is 5.39. The van der Waals surface area contributed by atoms with Crippen LogP contribution in [0.1, 0.15) is 38.3 Å². The van der Waals surface area contributed by atoms with Gasteiger partial charge in [-0.3, -0.25) is 4.79 Å². The summed E-state index contributed by atoms with van der Waals surface area (Å²) in [5.74, 6) is -0.543. The predicted molar refractivity (Wildman–Crippen MR) is 133 cm³/mol. The van der Waals surface area contributed by atoms with Gasteiger partial charge in [0.15, 0.2) is 0 Å². The van der Waals surface area contributed by atoms with Gasteiger partial charge in [0.2, 0.25) is 0 Å². The van der Waals surface area contributed by atoms with Gasteiger partial charge in [0.1, 0.15) is 0 Å². The first kappa shape index (κ1) is 22.1. The van der Waals surface area contributed by atoms with E-state index in [1.165, 1.54) is 18.2 Å². The summed E-state index contributed by atoms with van der Waals surface area (Å²) >= 11 is 0. The quantitative estimate of drug-likeness (QED) is 0.289. The molecule has 0 atom stereocenters. The number of carbonyl (C=O) groups is 2. The third-order valence-corrected chi connectivity index (χ3v) is 5.68. The van der Waals surface area contributed by atoms with Gasteiger partial charge < -0.3 is 15.8 Å². The molecule has 4 aromatic carbocycles. The van der Waals surface area contributed by atoms with E-state index in [2.05, 4.69) is 5.32 Å². The van der Waals surface area contributed by atoms with E-state index in [9.17, 15) is 9.59 Å². The number of rotatable bonds is 7. The lowest BCUT2D eigenvalue weighted by Crippen LogP contribution is -2.14. The first-order valence-corrected chi connectivity index (χ1v) is 10.9. The number of methoxy groups -OCH3 is 1. The van der Waals surface area contributed by atoms with Crippen LogP contribution in [0.25, 0.3) is 10.8 Å². The van der Waals surface area contributed by atoms with Crippen molar-refractivity contribution in [1.82, 2.24) is 0 Å². The van der Waals surface area contributed by atoms with Crippen LogP contribution < -0.4 is 11.1 Å². The topological polar surface area (TPSA) is 81.4 Å². The fourth-order valence-corrected chi connectivity index (χ4v) is 3.83. The van der Waals surface area contributed by atoms with Crippen molar-refractivity contribution in [2.45, 2.75) is 19.3 Å². The monoisotopic (exact) mass is 438 g/mol. The Hall–Kier alpha value is -4.12. The molecule has 4 rings (SSSR count). The Morgan fingerprint density at radius 1 is 0.818 bits per heavy atom. The Bertz CT molecular complexity index is 1280. The second kappa shape index (κ2) is 10.0. The number of esters is 1. The minimum absolute atomic E-state index is 0.221. The average molecular weight is 439 g/mol. The van der Waals surface area contributed by atoms with Gasteiger partial charge in [-0.1, -0.05) is 48.5 Å². The average Bonchev–Trinajstić information content (AvgIpc) is 2.84. The van der Waals surface area contributed by atoms with Crippen LogP contribution in [0.15, 0.2) is 84.9 Å². The number of nitrogens with two attached hydrogens (primary N) is 1. The fraction of sp³-hybridized carbons (Fsp3) is 0.143. The van der Waals surface area contributed by atoms with Crippen molar-refractivity contribution in [2.24, 2.45) is 0 Å². The van der Waals surface area contributed by atoms with Crippen molar-refractivity contribution in [1.29, 1.82) is 0 Å². The summed E-state index contributed by atoms with van der Waals surface area (Å²) in [7, 11) is 1.38. The maximum Gasteiger partial charge on any atom is 0.337 e. The molecule has 0 aliphatic rings. The lowest BCUT2D eigenvalue weighted by Gasteiger charge is -2.10. The van der Waals surface area contributed by atoms with E-state index in [-0.39, 0.29) is 11.9 Å². The highest BCUT2D eigenvalue weighted by Gasteiger charge is 2.11. The minimum Gasteiger partial charge on any atom is -0.465 e. The Kier molecular flexibility index (Phi) is 6.69. The van der Waals surface area contributed by atoms with Crippen molar-refractivity contribution < 1.29 is 14.3 Å². The van der Waals surface area contributed by atoms with Crippen LogP contribution in [-0.2, 0) is 17.6 Å². The van der Waals surface area contributed by atoms with Crippen LogP contribution in [0.5, 0.6) is 0 Å². The molecule has 3 N–H and O–H groups in total. The standard InChI is InChI=1S/C28H26N2O3/c1-33-28(32)21-13-9-19(10-14-21)5-4-6-20-11-15-24(16-12-20)30-27(31)25-17-22-7-2-3-8-23(22)18-26(25)29/h2-3,7-18H,4-6,29H2,1H3,(H,30,31). The summed E-state index contributed by atoms with van der Waals surface area (Å²) in [5.41, 5.74) is 10.7. The molecule has 0 heterocycles. The summed E-state index contributed by atoms with van der Waals surface area (Å²) in [6, 6.07) is 26.9. The zero-order valence-corrected chi connectivity index (χ0v) is 18.5. The molecular weight excluding hydrogens is 412 g/mol. The predicted octanol–water partition coefficient (Wildman–Crippen LogP) is 5.64. The Balaban J connectivity index is 1.32. The van der Waals surface area contributed by atoms with Crippen molar-refractivity contribution in [3.63, 3.8) is 0 Å². The highest BCUT2D eigenvalue weighted by Crippen LogP contribution is 2.23. The highest BCUT2D eigenvalue weighted by molar-refractivity contribution is 6.10. The summed E-state index contributed by atoms with van der Waals surface area (Å²) in [6.45, 7) is 0. The SMILES string of the molecule is COC(=O)c1ccc(CCCc2ccc(NC(=O)c3cc4ccccc4cc3N)cc2)cc1. The number of hydrogen-bond acceptors (Lipinski definition) is 4. The first-order valence-electron chi connectivity index (χ1n) is 10.9. The van der Waals surface area contributed by atoms with Gasteiger partial charge in [0.05, 0.1) is 18.2 Å². The maximum atomic E-state index is 12.8. The molecule has 0 bridgehead atoms. The Morgan fingerprint density at radius 2 is 1.39 bits per heavy atom. The highest BCUT2D eigenvalue weighted by atomic mass is 16.5. The van der Waals surface area contributed by atoms with Gasteiger partial charge >= 0.3 is 5.97 Å². The number of fused-ring (bicyclic) bond motifs is 1. The number of anilines is 2. The normalized spacial score (nSPS) is 10.7. The lowest BCUT2D eigenvalue weighted by molar-refractivity contribution is 0.0600. The largest absolute Gasteiger partial charge is 0.465 e. The second-order valence-corrected chi connectivity index (χ2v) is 7.98. The number of ether oxygens (including phenoxy) is 1. The zero-order valence-electron chi connectivity index (χ0n) is 18.5. The van der Waals surface area contributed by atoms with Gasteiger partial charge in [0.25, 0.3) is 5.91 Å². The van der Waals surface area contributed by atoms with Crippen molar-refractivity contribution in [3.05, 3.63) is 107 Å². The van der Waals surface area contributed by atoms with E-state index >= 15 is 0 Å². The molecule has 0 aliphatic carbocycles. The lowest BCUT2D eigenvalue weighted by atomic mass is 10.0. The Labute approximate surface area is 193 Å². The molecule has 5 heteroatoms. The van der Waals surface area contributed by atoms with Gasteiger partial charge in [0, 0.05) is 11.4 Å². The van der Waals surface area contributed by atoms with Gasteiger partial charge in [-0.15, -0.1) is 0 Å². The van der Waals surface area contributed by atoms with Crippen LogP contribution >= 0.6 is 0 Å². The van der Waals surface area contributed by atoms with Gasteiger partial charge in [-0.05, 0) is 77.6 Å². The molecular formula is C28H26N2O3. The number of aryl methyl sites for hydroxylation is 2. The minimum atomic E-state index is -0.322. The molecule has 5 nitrogen and oxygen atoms in total. The molecule has 0 aromatic heterocycles. The maximum absolute atomic E-state index is 12.8. The number of nitrogen functional groups attached to an aromatic ring is 1. The van der Waals surface area contributed by atoms with E-state index < -0.39 is 0 Å². The smallest absolute Gasteiger partial charge is 0.337 e. The Morgan fingerprint density at radius 3 is 2.00 bits per heavy atom. The van der Waals surface area contributed by atoms with Gasteiger partial charge in [-0.25, -0.2) is 4.79 Å². The van der Waals surface area contributed by atoms with Crippen molar-refractivity contribution in [2.75, 3.05) is 18.2 Å². The first-order chi connectivity index (χ1) is 16.0. The molecule has 0 radical (unpaired) electrons. The molecule has 0 fully saturated rings. The summed E-state index contributed by atoms with van der Waals surface area (Å²) < 4.78 is 4.73.